The van der Waals surface area contributed by atoms with Crippen LogP contribution in [0.5, 0.6) is 0 Å². The van der Waals surface area contributed by atoms with Crippen LogP contribution < -0.4 is 0 Å². The Bertz CT molecular complexity index is 969. The van der Waals surface area contributed by atoms with Crippen molar-refractivity contribution in [2.24, 2.45) is 0 Å². The Morgan fingerprint density at radius 3 is 1.46 bits per heavy atom. The molecule has 0 saturated carbocycles. The molecule has 4 rings (SSSR count). The van der Waals surface area contributed by atoms with E-state index >= 15 is 0 Å². The Hall–Kier alpha value is -2.92. The summed E-state index contributed by atoms with van der Waals surface area (Å²) in [6.45, 7) is 0. The molecule has 0 aliphatic heterocycles. The van der Waals surface area contributed by atoms with Gasteiger partial charge in [0.25, 0.3) is 0 Å². The third kappa shape index (κ3) is 3.53. The topological polar surface area (TPSA) is 38.7 Å². The Balaban J connectivity index is 1.89. The van der Waals surface area contributed by atoms with Gasteiger partial charge in [-0.3, -0.25) is 0 Å². The van der Waals surface area contributed by atoms with Crippen molar-refractivity contribution in [2.45, 2.75) is 0 Å². The minimum Gasteiger partial charge on any atom is -0.208 e. The first-order valence-corrected chi connectivity index (χ1v) is 8.82. The normalized spacial score (nSPS) is 10.7. The molecule has 0 atom stereocenters. The average molecular weight is 406 g/mol. The summed E-state index contributed by atoms with van der Waals surface area (Å²) in [6.07, 6.45) is 0. The first-order valence-electron chi connectivity index (χ1n) is 8.02. The van der Waals surface area contributed by atoms with Crippen molar-refractivity contribution in [2.75, 3.05) is 0 Å². The van der Waals surface area contributed by atoms with Crippen molar-refractivity contribution in [1.82, 2.24) is 15.0 Å². The van der Waals surface area contributed by atoms with Gasteiger partial charge in [0.15, 0.2) is 17.5 Å². The second-order valence-electron chi connectivity index (χ2n) is 5.69. The second-order valence-corrected chi connectivity index (χ2v) is 6.60. The standard InChI is InChI=1S/C21H13BrFN3/c22-17-10-6-15(7-11-17)20-24-19(14-4-2-1-3-5-14)25-21(26-20)16-8-12-18(23)13-9-16/h1-13H. The summed E-state index contributed by atoms with van der Waals surface area (Å²) >= 11 is 3.44. The zero-order chi connectivity index (χ0) is 17.9. The highest BCUT2D eigenvalue weighted by atomic mass is 79.9. The third-order valence-electron chi connectivity index (χ3n) is 3.87. The van der Waals surface area contributed by atoms with Crippen molar-refractivity contribution in [3.05, 3.63) is 89.2 Å². The molecule has 1 aromatic heterocycles. The monoisotopic (exact) mass is 405 g/mol. The van der Waals surface area contributed by atoms with Gasteiger partial charge in [0.1, 0.15) is 5.82 Å². The highest BCUT2D eigenvalue weighted by molar-refractivity contribution is 9.10. The van der Waals surface area contributed by atoms with Gasteiger partial charge in [0, 0.05) is 21.2 Å². The van der Waals surface area contributed by atoms with Crippen LogP contribution in [0.1, 0.15) is 0 Å². The van der Waals surface area contributed by atoms with Crippen molar-refractivity contribution in [3.8, 4) is 34.2 Å². The van der Waals surface area contributed by atoms with Crippen molar-refractivity contribution in [3.63, 3.8) is 0 Å². The molecule has 0 fully saturated rings. The van der Waals surface area contributed by atoms with Gasteiger partial charge in [0.2, 0.25) is 0 Å². The summed E-state index contributed by atoms with van der Waals surface area (Å²) in [5.74, 6) is 1.37. The molecule has 0 unspecified atom stereocenters. The van der Waals surface area contributed by atoms with E-state index in [4.69, 9.17) is 0 Å². The SMILES string of the molecule is Fc1ccc(-c2nc(-c3ccccc3)nc(-c3ccc(Br)cc3)n2)cc1. The second kappa shape index (κ2) is 7.14. The summed E-state index contributed by atoms with van der Waals surface area (Å²) < 4.78 is 14.3. The number of aromatic nitrogens is 3. The highest BCUT2D eigenvalue weighted by Crippen LogP contribution is 2.25. The highest BCUT2D eigenvalue weighted by Gasteiger charge is 2.12. The van der Waals surface area contributed by atoms with Gasteiger partial charge >= 0.3 is 0 Å². The van der Waals surface area contributed by atoms with Crippen LogP contribution in [0.15, 0.2) is 83.3 Å². The molecule has 3 aromatic carbocycles. The maximum Gasteiger partial charge on any atom is 0.164 e. The molecule has 126 valence electrons. The zero-order valence-electron chi connectivity index (χ0n) is 13.6. The molecule has 4 aromatic rings. The molecule has 26 heavy (non-hydrogen) atoms. The van der Waals surface area contributed by atoms with Crippen LogP contribution in [-0.2, 0) is 0 Å². The Morgan fingerprint density at radius 1 is 0.538 bits per heavy atom. The summed E-state index contributed by atoms with van der Waals surface area (Å²) in [4.78, 5) is 13.8. The largest absolute Gasteiger partial charge is 0.208 e. The first kappa shape index (κ1) is 16.5. The molecular formula is C21H13BrFN3. The maximum absolute atomic E-state index is 13.3. The van der Waals surface area contributed by atoms with Crippen LogP contribution in [0.2, 0.25) is 0 Å². The summed E-state index contributed by atoms with van der Waals surface area (Å²) in [6, 6.07) is 23.7. The fourth-order valence-electron chi connectivity index (χ4n) is 2.55. The lowest BCUT2D eigenvalue weighted by Crippen LogP contribution is -2.00. The van der Waals surface area contributed by atoms with Crippen LogP contribution in [0, 0.1) is 5.82 Å². The Labute approximate surface area is 158 Å². The molecule has 0 aliphatic rings. The molecule has 3 nitrogen and oxygen atoms in total. The minimum atomic E-state index is -0.292. The van der Waals surface area contributed by atoms with E-state index in [9.17, 15) is 4.39 Å². The van der Waals surface area contributed by atoms with Gasteiger partial charge in [-0.25, -0.2) is 19.3 Å². The number of hydrogen-bond acceptors (Lipinski definition) is 3. The first-order chi connectivity index (χ1) is 12.7. The number of halogens is 2. The summed E-state index contributed by atoms with van der Waals surface area (Å²) in [5.41, 5.74) is 2.53. The predicted molar refractivity (Wildman–Crippen MR) is 104 cm³/mol. The fourth-order valence-corrected chi connectivity index (χ4v) is 2.81. The van der Waals surface area contributed by atoms with Gasteiger partial charge in [-0.05, 0) is 36.4 Å². The number of benzene rings is 3. The van der Waals surface area contributed by atoms with Gasteiger partial charge in [0.05, 0.1) is 0 Å². The minimum absolute atomic E-state index is 0.292. The van der Waals surface area contributed by atoms with E-state index in [0.29, 0.717) is 17.5 Å². The van der Waals surface area contributed by atoms with E-state index in [2.05, 4.69) is 30.9 Å². The lowest BCUT2D eigenvalue weighted by molar-refractivity contribution is 0.628. The number of rotatable bonds is 3. The van der Waals surface area contributed by atoms with Crippen molar-refractivity contribution >= 4 is 15.9 Å². The van der Waals surface area contributed by atoms with Crippen molar-refractivity contribution < 1.29 is 4.39 Å². The van der Waals surface area contributed by atoms with Gasteiger partial charge < -0.3 is 0 Å². The lowest BCUT2D eigenvalue weighted by Gasteiger charge is -2.08. The summed E-state index contributed by atoms with van der Waals surface area (Å²) in [5, 5.41) is 0. The van der Waals surface area contributed by atoms with Gasteiger partial charge in [-0.1, -0.05) is 58.4 Å². The van der Waals surface area contributed by atoms with Gasteiger partial charge in [-0.15, -0.1) is 0 Å². The van der Waals surface area contributed by atoms with Crippen LogP contribution in [0.25, 0.3) is 34.2 Å². The molecule has 0 radical (unpaired) electrons. The smallest absolute Gasteiger partial charge is 0.164 e. The molecule has 0 N–H and O–H groups in total. The predicted octanol–water partition coefficient (Wildman–Crippen LogP) is 5.77. The van der Waals surface area contributed by atoms with E-state index in [1.807, 2.05) is 54.6 Å². The van der Waals surface area contributed by atoms with E-state index in [1.165, 1.54) is 12.1 Å². The molecule has 0 amide bonds. The van der Waals surface area contributed by atoms with Crippen LogP contribution >= 0.6 is 15.9 Å². The molecule has 1 heterocycles. The fraction of sp³-hybridized carbons (Fsp3) is 0. The summed E-state index contributed by atoms with van der Waals surface area (Å²) in [7, 11) is 0. The van der Waals surface area contributed by atoms with E-state index in [0.717, 1.165) is 21.2 Å². The molecule has 5 heteroatoms. The molecule has 0 saturated heterocycles. The lowest BCUT2D eigenvalue weighted by atomic mass is 10.1. The van der Waals surface area contributed by atoms with Crippen LogP contribution in [0.3, 0.4) is 0 Å². The zero-order valence-corrected chi connectivity index (χ0v) is 15.2. The number of hydrogen-bond donors (Lipinski definition) is 0. The average Bonchev–Trinajstić information content (AvgIpc) is 2.69. The van der Waals surface area contributed by atoms with Crippen LogP contribution in [0.4, 0.5) is 4.39 Å². The molecule has 0 spiro atoms. The molecular weight excluding hydrogens is 393 g/mol. The molecule has 0 bridgehead atoms. The van der Waals surface area contributed by atoms with Crippen molar-refractivity contribution in [1.29, 1.82) is 0 Å². The van der Waals surface area contributed by atoms with E-state index in [1.54, 1.807) is 12.1 Å². The van der Waals surface area contributed by atoms with Gasteiger partial charge in [-0.2, -0.15) is 0 Å². The van der Waals surface area contributed by atoms with Crippen LogP contribution in [-0.4, -0.2) is 15.0 Å². The van der Waals surface area contributed by atoms with E-state index < -0.39 is 0 Å². The number of nitrogens with zero attached hydrogens (tertiary/aromatic N) is 3. The Kier molecular flexibility index (Phi) is 4.54. The molecule has 0 aliphatic carbocycles. The van der Waals surface area contributed by atoms with E-state index in [-0.39, 0.29) is 5.82 Å². The Morgan fingerprint density at radius 2 is 0.962 bits per heavy atom. The quantitative estimate of drug-likeness (QED) is 0.433. The maximum atomic E-state index is 13.3. The third-order valence-corrected chi connectivity index (χ3v) is 4.40.